The zero-order chi connectivity index (χ0) is 13.5. The highest BCUT2D eigenvalue weighted by Gasteiger charge is 2.19. The lowest BCUT2D eigenvalue weighted by Gasteiger charge is -2.24. The largest absolute Gasteiger partial charge is 0.495 e. The summed E-state index contributed by atoms with van der Waals surface area (Å²) in [5.74, 6) is 7.37. The quantitative estimate of drug-likeness (QED) is 0.612. The van der Waals surface area contributed by atoms with Crippen LogP contribution in [0.25, 0.3) is 0 Å². The molecule has 4 heteroatoms. The molecule has 2 rings (SSSR count). The van der Waals surface area contributed by atoms with Crippen molar-refractivity contribution < 1.29 is 4.74 Å². The number of rotatable bonds is 6. The molecule has 0 radical (unpaired) electrons. The lowest BCUT2D eigenvalue weighted by Crippen LogP contribution is -2.29. The Morgan fingerprint density at radius 1 is 1.42 bits per heavy atom. The first-order valence-electron chi connectivity index (χ1n) is 7.30. The molecule has 1 atom stereocenters. The van der Waals surface area contributed by atoms with Crippen molar-refractivity contribution in [3.05, 3.63) is 24.0 Å². The molecule has 0 aliphatic heterocycles. The number of nitrogens with two attached hydrogens (primary N) is 1. The van der Waals surface area contributed by atoms with Gasteiger partial charge in [-0.1, -0.05) is 32.1 Å². The lowest BCUT2D eigenvalue weighted by atomic mass is 9.85. The summed E-state index contributed by atoms with van der Waals surface area (Å²) in [4.78, 5) is 4.42. The topological polar surface area (TPSA) is 60.2 Å². The van der Waals surface area contributed by atoms with E-state index in [9.17, 15) is 0 Å². The molecule has 4 nitrogen and oxygen atoms in total. The average Bonchev–Trinajstić information content (AvgIpc) is 2.49. The van der Waals surface area contributed by atoms with Gasteiger partial charge in [0.1, 0.15) is 11.4 Å². The van der Waals surface area contributed by atoms with Gasteiger partial charge in [0, 0.05) is 6.20 Å². The van der Waals surface area contributed by atoms with E-state index in [4.69, 9.17) is 10.6 Å². The molecule has 0 spiro atoms. The van der Waals surface area contributed by atoms with Gasteiger partial charge in [-0.2, -0.15) is 0 Å². The first kappa shape index (κ1) is 14.3. The molecule has 1 aliphatic carbocycles. The number of nitrogens with zero attached hydrogens (tertiary/aromatic N) is 1. The summed E-state index contributed by atoms with van der Waals surface area (Å²) in [6.45, 7) is 0. The predicted octanol–water partition coefficient (Wildman–Crippen LogP) is 2.96. The smallest absolute Gasteiger partial charge is 0.142 e. The second-order valence-corrected chi connectivity index (χ2v) is 5.39. The fourth-order valence-electron chi connectivity index (χ4n) is 3.01. The van der Waals surface area contributed by atoms with Crippen molar-refractivity contribution in [2.45, 2.75) is 51.0 Å². The second kappa shape index (κ2) is 7.46. The second-order valence-electron chi connectivity index (χ2n) is 5.39. The maximum absolute atomic E-state index is 5.70. The number of hydrogen-bond donors (Lipinski definition) is 2. The first-order valence-corrected chi connectivity index (χ1v) is 7.30. The van der Waals surface area contributed by atoms with Gasteiger partial charge in [-0.25, -0.2) is 0 Å². The summed E-state index contributed by atoms with van der Waals surface area (Å²) in [7, 11) is 1.68. The Labute approximate surface area is 115 Å². The van der Waals surface area contributed by atoms with Gasteiger partial charge >= 0.3 is 0 Å². The Morgan fingerprint density at radius 3 is 2.89 bits per heavy atom. The van der Waals surface area contributed by atoms with E-state index in [0.717, 1.165) is 23.8 Å². The molecule has 3 N–H and O–H groups in total. The van der Waals surface area contributed by atoms with Crippen LogP contribution in [0.2, 0.25) is 0 Å². The molecular weight excluding hydrogens is 238 g/mol. The Kier molecular flexibility index (Phi) is 5.61. The van der Waals surface area contributed by atoms with Crippen molar-refractivity contribution >= 4 is 0 Å². The van der Waals surface area contributed by atoms with Crippen LogP contribution in [-0.4, -0.2) is 12.1 Å². The van der Waals surface area contributed by atoms with Gasteiger partial charge in [-0.3, -0.25) is 16.3 Å². The van der Waals surface area contributed by atoms with Crippen LogP contribution in [0.1, 0.15) is 56.7 Å². The number of pyridine rings is 1. The minimum absolute atomic E-state index is 0.0816. The summed E-state index contributed by atoms with van der Waals surface area (Å²) >= 11 is 0. The summed E-state index contributed by atoms with van der Waals surface area (Å²) in [5, 5.41) is 0. The Hall–Kier alpha value is -1.13. The molecule has 0 aromatic carbocycles. The van der Waals surface area contributed by atoms with Crippen LogP contribution in [0, 0.1) is 5.92 Å². The van der Waals surface area contributed by atoms with Crippen LogP contribution in [0.4, 0.5) is 0 Å². The number of ether oxygens (including phenoxy) is 1. The van der Waals surface area contributed by atoms with Crippen molar-refractivity contribution in [3.8, 4) is 5.75 Å². The highest BCUT2D eigenvalue weighted by atomic mass is 16.5. The van der Waals surface area contributed by atoms with E-state index in [0.29, 0.717) is 0 Å². The Balaban J connectivity index is 1.95. The molecule has 1 fully saturated rings. The summed E-state index contributed by atoms with van der Waals surface area (Å²) in [5.41, 5.74) is 3.81. The molecule has 1 heterocycles. The van der Waals surface area contributed by atoms with Crippen LogP contribution in [0.3, 0.4) is 0 Å². The third-order valence-electron chi connectivity index (χ3n) is 4.14. The third-order valence-corrected chi connectivity index (χ3v) is 4.14. The van der Waals surface area contributed by atoms with E-state index < -0.39 is 0 Å². The van der Waals surface area contributed by atoms with Gasteiger partial charge in [-0.15, -0.1) is 0 Å². The van der Waals surface area contributed by atoms with Crippen LogP contribution in [-0.2, 0) is 0 Å². The third kappa shape index (κ3) is 3.91. The number of hydrogen-bond acceptors (Lipinski definition) is 4. The fourth-order valence-corrected chi connectivity index (χ4v) is 3.01. The zero-order valence-corrected chi connectivity index (χ0v) is 11.8. The van der Waals surface area contributed by atoms with Crippen LogP contribution >= 0.6 is 0 Å². The summed E-state index contributed by atoms with van der Waals surface area (Å²) in [6.07, 6.45) is 11.0. The number of hydrazine groups is 1. The number of aromatic nitrogens is 1. The maximum Gasteiger partial charge on any atom is 0.142 e. The highest BCUT2D eigenvalue weighted by Crippen LogP contribution is 2.31. The minimum Gasteiger partial charge on any atom is -0.495 e. The van der Waals surface area contributed by atoms with Crippen molar-refractivity contribution in [1.82, 2.24) is 10.4 Å². The molecule has 106 valence electrons. The van der Waals surface area contributed by atoms with Crippen LogP contribution in [0.5, 0.6) is 5.75 Å². The number of methoxy groups -OCH3 is 1. The predicted molar refractivity (Wildman–Crippen MR) is 76.7 cm³/mol. The molecule has 19 heavy (non-hydrogen) atoms. The molecule has 1 saturated carbocycles. The summed E-state index contributed by atoms with van der Waals surface area (Å²) < 4.78 is 5.36. The molecule has 1 aromatic rings. The Morgan fingerprint density at radius 2 is 2.21 bits per heavy atom. The van der Waals surface area contributed by atoms with Crippen molar-refractivity contribution in [2.75, 3.05) is 7.11 Å². The maximum atomic E-state index is 5.70. The molecule has 0 amide bonds. The monoisotopic (exact) mass is 263 g/mol. The normalized spacial score (nSPS) is 18.2. The minimum atomic E-state index is 0.0816. The van der Waals surface area contributed by atoms with Crippen LogP contribution < -0.4 is 16.0 Å². The molecule has 1 aromatic heterocycles. The highest BCUT2D eigenvalue weighted by molar-refractivity contribution is 5.29. The Bertz CT molecular complexity index is 377. The van der Waals surface area contributed by atoms with Crippen molar-refractivity contribution in [2.24, 2.45) is 11.8 Å². The standard InChI is InChI=1S/C15H25N3O/c1-19-14-8-5-11-17-15(14)13(18-16)10-9-12-6-3-2-4-7-12/h5,8,11-13,18H,2-4,6-7,9-10,16H2,1H3. The van der Waals surface area contributed by atoms with E-state index in [2.05, 4.69) is 10.4 Å². The van der Waals surface area contributed by atoms with E-state index in [1.165, 1.54) is 38.5 Å². The van der Waals surface area contributed by atoms with E-state index in [1.807, 2.05) is 12.1 Å². The molecule has 0 bridgehead atoms. The molecule has 1 aliphatic rings. The fraction of sp³-hybridized carbons (Fsp3) is 0.667. The molecule has 0 saturated heterocycles. The van der Waals surface area contributed by atoms with E-state index >= 15 is 0 Å². The number of nitrogens with one attached hydrogen (secondary N) is 1. The van der Waals surface area contributed by atoms with Gasteiger partial charge in [0.2, 0.25) is 0 Å². The van der Waals surface area contributed by atoms with Crippen LogP contribution in [0.15, 0.2) is 18.3 Å². The van der Waals surface area contributed by atoms with Crippen molar-refractivity contribution in [1.29, 1.82) is 0 Å². The van der Waals surface area contributed by atoms with Gasteiger partial charge in [0.25, 0.3) is 0 Å². The first-order chi connectivity index (χ1) is 9.35. The SMILES string of the molecule is COc1cccnc1C(CCC1CCCCC1)NN. The average molecular weight is 263 g/mol. The van der Waals surface area contributed by atoms with Crippen molar-refractivity contribution in [3.63, 3.8) is 0 Å². The molecular formula is C15H25N3O. The van der Waals surface area contributed by atoms with Gasteiger partial charge < -0.3 is 4.74 Å². The summed E-state index contributed by atoms with van der Waals surface area (Å²) in [6, 6.07) is 3.91. The molecule has 1 unspecified atom stereocenters. The van der Waals surface area contributed by atoms with Gasteiger partial charge in [0.05, 0.1) is 13.2 Å². The van der Waals surface area contributed by atoms with E-state index in [1.54, 1.807) is 13.3 Å². The lowest BCUT2D eigenvalue weighted by molar-refractivity contribution is 0.310. The van der Waals surface area contributed by atoms with Gasteiger partial charge in [-0.05, 0) is 30.9 Å². The van der Waals surface area contributed by atoms with E-state index in [-0.39, 0.29) is 6.04 Å². The zero-order valence-electron chi connectivity index (χ0n) is 11.8. The van der Waals surface area contributed by atoms with Gasteiger partial charge in [0.15, 0.2) is 0 Å².